The van der Waals surface area contributed by atoms with Gasteiger partial charge in [-0.05, 0) is 12.5 Å². The molecule has 1 aromatic carbocycles. The van der Waals surface area contributed by atoms with Gasteiger partial charge in [-0.2, -0.15) is 5.26 Å². The second-order valence-corrected chi connectivity index (χ2v) is 4.10. The van der Waals surface area contributed by atoms with E-state index in [1.807, 2.05) is 0 Å². The number of carbonyl (C=O) groups excluding carboxylic acids is 1. The number of aliphatic hydroxyl groups is 2. The average molecular weight is 266 g/mol. The fraction of sp³-hybridized carbons (Fsp3) is 0.385. The molecule has 2 unspecified atom stereocenters. The molecule has 102 valence electrons. The van der Waals surface area contributed by atoms with Crippen LogP contribution in [0.1, 0.15) is 30.6 Å². The number of hydrogen-bond donors (Lipinski definition) is 3. The quantitative estimate of drug-likeness (QED) is 0.728. The van der Waals surface area contributed by atoms with E-state index in [1.54, 1.807) is 6.07 Å². The lowest BCUT2D eigenvalue weighted by Gasteiger charge is -2.19. The highest BCUT2D eigenvalue weighted by Crippen LogP contribution is 2.24. The lowest BCUT2D eigenvalue weighted by atomic mass is 9.97. The third kappa shape index (κ3) is 4.02. The number of nitrogens with one attached hydrogen (secondary N) is 1. The van der Waals surface area contributed by atoms with E-state index in [0.29, 0.717) is 0 Å². The minimum atomic E-state index is -1.38. The second kappa shape index (κ2) is 6.83. The van der Waals surface area contributed by atoms with E-state index in [-0.39, 0.29) is 30.0 Å². The molecule has 1 amide bonds. The summed E-state index contributed by atoms with van der Waals surface area (Å²) in [6.07, 6.45) is -2.47. The standard InChI is InChI=1S/C13H15FN2O3/c1-8(17)16-6-5-12(18)13(19)9-3-2-4-11(14)10(9)7-15/h2-4,12-13,18-19H,5-6H2,1H3,(H,16,17). The van der Waals surface area contributed by atoms with Gasteiger partial charge in [-0.15, -0.1) is 0 Å². The smallest absolute Gasteiger partial charge is 0.216 e. The zero-order chi connectivity index (χ0) is 14.4. The van der Waals surface area contributed by atoms with Crippen molar-refractivity contribution in [1.82, 2.24) is 5.32 Å². The lowest BCUT2D eigenvalue weighted by Crippen LogP contribution is -2.28. The van der Waals surface area contributed by atoms with Gasteiger partial charge in [-0.25, -0.2) is 4.39 Å². The molecule has 0 saturated carbocycles. The molecule has 1 aromatic rings. The van der Waals surface area contributed by atoms with E-state index >= 15 is 0 Å². The maximum atomic E-state index is 13.4. The zero-order valence-corrected chi connectivity index (χ0v) is 10.4. The molecule has 2 atom stereocenters. The first-order valence-electron chi connectivity index (χ1n) is 5.76. The summed E-state index contributed by atoms with van der Waals surface area (Å²) in [6, 6.07) is 5.51. The number of halogens is 1. The van der Waals surface area contributed by atoms with Gasteiger partial charge in [-0.1, -0.05) is 12.1 Å². The average Bonchev–Trinajstić information content (AvgIpc) is 2.37. The van der Waals surface area contributed by atoms with Crippen molar-refractivity contribution in [3.63, 3.8) is 0 Å². The van der Waals surface area contributed by atoms with Crippen molar-refractivity contribution in [3.05, 3.63) is 35.1 Å². The van der Waals surface area contributed by atoms with Crippen LogP contribution in [0.4, 0.5) is 4.39 Å². The van der Waals surface area contributed by atoms with Gasteiger partial charge < -0.3 is 15.5 Å². The van der Waals surface area contributed by atoms with Crippen molar-refractivity contribution in [2.75, 3.05) is 6.54 Å². The topological polar surface area (TPSA) is 93.3 Å². The molecule has 0 bridgehead atoms. The summed E-state index contributed by atoms with van der Waals surface area (Å²) in [5.41, 5.74) is -0.244. The minimum absolute atomic E-state index is 0.0397. The Bertz CT molecular complexity index is 499. The van der Waals surface area contributed by atoms with Crippen LogP contribution in [0, 0.1) is 17.1 Å². The van der Waals surface area contributed by atoms with Crippen LogP contribution in [0.25, 0.3) is 0 Å². The van der Waals surface area contributed by atoms with E-state index in [2.05, 4.69) is 5.32 Å². The Hall–Kier alpha value is -1.97. The van der Waals surface area contributed by atoms with Crippen LogP contribution in [0.3, 0.4) is 0 Å². The molecule has 19 heavy (non-hydrogen) atoms. The molecule has 0 aliphatic carbocycles. The number of hydrogen-bond acceptors (Lipinski definition) is 4. The van der Waals surface area contributed by atoms with E-state index in [4.69, 9.17) is 5.26 Å². The van der Waals surface area contributed by atoms with Crippen LogP contribution in [0.2, 0.25) is 0 Å². The molecule has 0 saturated heterocycles. The Morgan fingerprint density at radius 2 is 2.21 bits per heavy atom. The van der Waals surface area contributed by atoms with Gasteiger partial charge in [-0.3, -0.25) is 4.79 Å². The zero-order valence-electron chi connectivity index (χ0n) is 10.4. The predicted molar refractivity (Wildman–Crippen MR) is 65.4 cm³/mol. The number of aliphatic hydroxyl groups excluding tert-OH is 2. The Balaban J connectivity index is 2.77. The van der Waals surface area contributed by atoms with Crippen LogP contribution in [-0.2, 0) is 4.79 Å². The van der Waals surface area contributed by atoms with Crippen molar-refractivity contribution in [1.29, 1.82) is 5.26 Å². The molecule has 0 radical (unpaired) electrons. The summed E-state index contributed by atoms with van der Waals surface area (Å²) in [6.45, 7) is 1.52. The first-order valence-corrected chi connectivity index (χ1v) is 5.76. The number of benzene rings is 1. The summed E-state index contributed by atoms with van der Waals surface area (Å²) in [7, 11) is 0. The van der Waals surface area contributed by atoms with E-state index < -0.39 is 18.0 Å². The molecule has 0 aromatic heterocycles. The minimum Gasteiger partial charge on any atom is -0.390 e. The van der Waals surface area contributed by atoms with Crippen LogP contribution < -0.4 is 5.32 Å². The lowest BCUT2D eigenvalue weighted by molar-refractivity contribution is -0.119. The van der Waals surface area contributed by atoms with Gasteiger partial charge >= 0.3 is 0 Å². The summed E-state index contributed by atoms with van der Waals surface area (Å²) in [5.74, 6) is -0.988. The van der Waals surface area contributed by atoms with E-state index in [9.17, 15) is 19.4 Å². The highest BCUT2D eigenvalue weighted by atomic mass is 19.1. The molecular formula is C13H15FN2O3. The van der Waals surface area contributed by atoms with Crippen molar-refractivity contribution in [2.45, 2.75) is 25.6 Å². The Morgan fingerprint density at radius 3 is 2.79 bits per heavy atom. The van der Waals surface area contributed by atoms with Crippen molar-refractivity contribution >= 4 is 5.91 Å². The highest BCUT2D eigenvalue weighted by Gasteiger charge is 2.22. The second-order valence-electron chi connectivity index (χ2n) is 4.10. The van der Waals surface area contributed by atoms with Gasteiger partial charge in [0.25, 0.3) is 0 Å². The Labute approximate surface area is 110 Å². The Morgan fingerprint density at radius 1 is 1.53 bits per heavy atom. The highest BCUT2D eigenvalue weighted by molar-refractivity contribution is 5.72. The predicted octanol–water partition coefficient (Wildman–Crippen LogP) is 0.618. The molecule has 0 spiro atoms. The van der Waals surface area contributed by atoms with Crippen molar-refractivity contribution < 1.29 is 19.4 Å². The number of amides is 1. The molecule has 6 heteroatoms. The van der Waals surface area contributed by atoms with Crippen LogP contribution in [0.15, 0.2) is 18.2 Å². The molecule has 0 heterocycles. The maximum absolute atomic E-state index is 13.4. The normalized spacial score (nSPS) is 13.4. The van der Waals surface area contributed by atoms with Gasteiger partial charge in [0.2, 0.25) is 5.91 Å². The molecule has 0 aliphatic rings. The van der Waals surface area contributed by atoms with Gasteiger partial charge in [0.1, 0.15) is 18.0 Å². The van der Waals surface area contributed by atoms with Gasteiger partial charge in [0.05, 0.1) is 11.7 Å². The number of nitriles is 1. The summed E-state index contributed by atoms with van der Waals surface area (Å²) in [4.78, 5) is 10.7. The molecule has 1 rings (SSSR count). The van der Waals surface area contributed by atoms with Gasteiger partial charge in [0, 0.05) is 19.0 Å². The van der Waals surface area contributed by atoms with Gasteiger partial charge in [0.15, 0.2) is 0 Å². The van der Waals surface area contributed by atoms with Crippen LogP contribution >= 0.6 is 0 Å². The van der Waals surface area contributed by atoms with E-state index in [1.165, 1.54) is 19.1 Å². The maximum Gasteiger partial charge on any atom is 0.216 e. The number of carbonyl (C=O) groups is 1. The third-order valence-electron chi connectivity index (χ3n) is 2.65. The monoisotopic (exact) mass is 266 g/mol. The number of rotatable bonds is 5. The van der Waals surface area contributed by atoms with E-state index in [0.717, 1.165) is 6.07 Å². The molecular weight excluding hydrogens is 251 g/mol. The fourth-order valence-corrected chi connectivity index (χ4v) is 1.67. The summed E-state index contributed by atoms with van der Waals surface area (Å²) < 4.78 is 13.4. The molecule has 3 N–H and O–H groups in total. The largest absolute Gasteiger partial charge is 0.390 e. The first-order chi connectivity index (χ1) is 8.97. The first kappa shape index (κ1) is 15.1. The molecule has 0 fully saturated rings. The fourth-order valence-electron chi connectivity index (χ4n) is 1.67. The third-order valence-corrected chi connectivity index (χ3v) is 2.65. The SMILES string of the molecule is CC(=O)NCCC(O)C(O)c1cccc(F)c1C#N. The van der Waals surface area contributed by atoms with Crippen LogP contribution in [-0.4, -0.2) is 28.8 Å². The number of nitrogens with zero attached hydrogens (tertiary/aromatic N) is 1. The molecule has 5 nitrogen and oxygen atoms in total. The van der Waals surface area contributed by atoms with Crippen LogP contribution in [0.5, 0.6) is 0 Å². The van der Waals surface area contributed by atoms with Crippen molar-refractivity contribution in [3.8, 4) is 6.07 Å². The molecule has 0 aliphatic heterocycles. The summed E-state index contributed by atoms with van der Waals surface area (Å²) >= 11 is 0. The summed E-state index contributed by atoms with van der Waals surface area (Å²) in [5, 5.41) is 31.0. The van der Waals surface area contributed by atoms with Crippen molar-refractivity contribution in [2.24, 2.45) is 0 Å². The Kier molecular flexibility index (Phi) is 5.42.